The van der Waals surface area contributed by atoms with E-state index in [1.807, 2.05) is 0 Å². The molecule has 286 valence electrons. The number of unbranched alkanes of at least 4 members (excludes halogenated alkanes) is 16. The Bertz CT molecular complexity index is 925. The van der Waals surface area contributed by atoms with E-state index in [1.54, 1.807) is 0 Å². The Hall–Kier alpha value is -1.81. The average Bonchev–Trinajstić information content (AvgIpc) is 3.07. The van der Waals surface area contributed by atoms with E-state index >= 15 is 0 Å². The topological polar surface area (TPSA) is 155 Å². The minimum absolute atomic E-state index is 0.00686. The molecule has 0 aromatic heterocycles. The van der Waals surface area contributed by atoms with E-state index in [4.69, 9.17) is 24.8 Å². The summed E-state index contributed by atoms with van der Waals surface area (Å²) in [6.07, 6.45) is 36.2. The second kappa shape index (κ2) is 34.6. The Kier molecular flexibility index (Phi) is 33.4. The van der Waals surface area contributed by atoms with Gasteiger partial charge < -0.3 is 25.2 Å². The summed E-state index contributed by atoms with van der Waals surface area (Å²) < 4.78 is 33.2. The van der Waals surface area contributed by atoms with Crippen LogP contribution in [-0.2, 0) is 32.7 Å². The van der Waals surface area contributed by atoms with Crippen molar-refractivity contribution in [2.24, 2.45) is 5.73 Å². The lowest BCUT2D eigenvalue weighted by atomic mass is 10.1. The van der Waals surface area contributed by atoms with Crippen molar-refractivity contribution in [1.82, 2.24) is 0 Å². The van der Waals surface area contributed by atoms with Gasteiger partial charge in [-0.15, -0.1) is 0 Å². The van der Waals surface area contributed by atoms with Gasteiger partial charge in [-0.25, -0.2) is 4.57 Å². The third-order valence-electron chi connectivity index (χ3n) is 7.89. The summed E-state index contributed by atoms with van der Waals surface area (Å²) in [6, 6.07) is -1.47. The highest BCUT2D eigenvalue weighted by atomic mass is 31.2. The molecule has 49 heavy (non-hydrogen) atoms. The van der Waals surface area contributed by atoms with Crippen LogP contribution in [0.2, 0.25) is 0 Å². The zero-order valence-corrected chi connectivity index (χ0v) is 31.7. The third kappa shape index (κ3) is 34.4. The predicted molar refractivity (Wildman–Crippen MR) is 198 cm³/mol. The largest absolute Gasteiger partial charge is 0.480 e. The van der Waals surface area contributed by atoms with E-state index in [0.29, 0.717) is 13.0 Å². The van der Waals surface area contributed by atoms with Gasteiger partial charge in [0, 0.05) is 13.0 Å². The van der Waals surface area contributed by atoms with Gasteiger partial charge in [0.1, 0.15) is 12.1 Å². The van der Waals surface area contributed by atoms with Crippen molar-refractivity contribution < 1.29 is 42.7 Å². The smallest absolute Gasteiger partial charge is 0.472 e. The summed E-state index contributed by atoms with van der Waals surface area (Å²) in [4.78, 5) is 33.4. The van der Waals surface area contributed by atoms with Crippen LogP contribution >= 0.6 is 7.82 Å². The van der Waals surface area contributed by atoms with Crippen LogP contribution in [-0.4, -0.2) is 60.5 Å². The van der Waals surface area contributed by atoms with E-state index in [0.717, 1.165) is 64.2 Å². The normalized spacial score (nSPS) is 14.5. The first-order chi connectivity index (χ1) is 23.7. The molecule has 0 radical (unpaired) electrons. The lowest BCUT2D eigenvalue weighted by molar-refractivity contribution is -0.154. The number of nitrogens with two attached hydrogens (primary N) is 1. The van der Waals surface area contributed by atoms with E-state index in [9.17, 15) is 19.0 Å². The van der Waals surface area contributed by atoms with Crippen LogP contribution in [0.25, 0.3) is 0 Å². The van der Waals surface area contributed by atoms with Gasteiger partial charge in [-0.3, -0.25) is 18.6 Å². The molecule has 0 fully saturated rings. The standard InChI is InChI=1S/C38H70NO9P/c1-3-5-7-9-11-13-15-17-18-19-20-22-24-26-28-30-37(40)48-35(33-46-49(43,44)47-34-36(39)38(41)42)32-45-31-29-27-25-23-21-16-14-12-10-8-6-4-2/h10-13,17-18,35-36H,3-9,14-16,19-34,39H2,1-2H3,(H,41,42)(H,43,44)/b12-10-,13-11-,18-17-. The number of carbonyl (C=O) groups excluding carboxylic acids is 1. The van der Waals surface area contributed by atoms with Crippen molar-refractivity contribution in [1.29, 1.82) is 0 Å². The molecule has 4 N–H and O–H groups in total. The van der Waals surface area contributed by atoms with Gasteiger partial charge in [-0.1, -0.05) is 121 Å². The number of hydrogen-bond acceptors (Lipinski definition) is 8. The summed E-state index contributed by atoms with van der Waals surface area (Å²) in [5.41, 5.74) is 5.33. The molecule has 10 nitrogen and oxygen atoms in total. The highest BCUT2D eigenvalue weighted by Gasteiger charge is 2.27. The molecule has 0 bridgehead atoms. The van der Waals surface area contributed by atoms with Crippen LogP contribution in [0.4, 0.5) is 0 Å². The second-order valence-electron chi connectivity index (χ2n) is 12.7. The summed E-state index contributed by atoms with van der Waals surface area (Å²) in [6.45, 7) is 3.77. The van der Waals surface area contributed by atoms with Gasteiger partial charge in [-0.2, -0.15) is 0 Å². The first-order valence-corrected chi connectivity index (χ1v) is 20.5. The number of ether oxygens (including phenoxy) is 2. The summed E-state index contributed by atoms with van der Waals surface area (Å²) in [5.74, 6) is -1.80. The molecule has 0 aromatic carbocycles. The van der Waals surface area contributed by atoms with Gasteiger partial charge in [0.2, 0.25) is 0 Å². The maximum atomic E-state index is 12.6. The van der Waals surface area contributed by atoms with Crippen molar-refractivity contribution in [2.75, 3.05) is 26.4 Å². The SMILES string of the molecule is CCCC/C=C\CCCCCCCCOCC(COP(=O)(O)OCC(N)C(=O)O)OC(=O)CCCCCCC/C=C\C/C=C\CCCCC. The number of rotatable bonds is 36. The van der Waals surface area contributed by atoms with E-state index in [-0.39, 0.29) is 13.0 Å². The molecule has 0 saturated carbocycles. The molecule has 0 aromatic rings. The minimum atomic E-state index is -4.61. The molecular formula is C38H70NO9P. The van der Waals surface area contributed by atoms with Gasteiger partial charge in [0.25, 0.3) is 0 Å². The first kappa shape index (κ1) is 47.2. The lowest BCUT2D eigenvalue weighted by Gasteiger charge is -2.20. The van der Waals surface area contributed by atoms with Crippen LogP contribution in [0, 0.1) is 0 Å². The number of phosphoric acid groups is 1. The van der Waals surface area contributed by atoms with Crippen molar-refractivity contribution in [3.8, 4) is 0 Å². The number of aliphatic carboxylic acids is 1. The fraction of sp³-hybridized carbons (Fsp3) is 0.789. The van der Waals surface area contributed by atoms with Crippen LogP contribution in [0.15, 0.2) is 36.5 Å². The Morgan fingerprint density at radius 1 is 0.653 bits per heavy atom. The van der Waals surface area contributed by atoms with Crippen molar-refractivity contribution in [2.45, 2.75) is 167 Å². The molecule has 0 saturated heterocycles. The van der Waals surface area contributed by atoms with E-state index < -0.39 is 45.1 Å². The number of carboxylic acids is 1. The minimum Gasteiger partial charge on any atom is -0.480 e. The lowest BCUT2D eigenvalue weighted by Crippen LogP contribution is -2.34. The molecule has 0 aliphatic heterocycles. The molecule has 0 aliphatic rings. The zero-order chi connectivity index (χ0) is 36.3. The van der Waals surface area contributed by atoms with Crippen molar-refractivity contribution in [3.63, 3.8) is 0 Å². The van der Waals surface area contributed by atoms with Crippen LogP contribution in [0.3, 0.4) is 0 Å². The summed E-state index contributed by atoms with van der Waals surface area (Å²) in [5, 5.41) is 8.86. The molecule has 0 amide bonds. The van der Waals surface area contributed by atoms with E-state index in [2.05, 4.69) is 54.8 Å². The molecule has 0 spiro atoms. The molecule has 0 rings (SSSR count). The number of carbonyl (C=O) groups is 2. The Labute approximate surface area is 297 Å². The highest BCUT2D eigenvalue weighted by Crippen LogP contribution is 2.43. The maximum Gasteiger partial charge on any atom is 0.472 e. The molecule has 11 heteroatoms. The second-order valence-corrected chi connectivity index (χ2v) is 14.1. The van der Waals surface area contributed by atoms with Crippen molar-refractivity contribution in [3.05, 3.63) is 36.5 Å². The van der Waals surface area contributed by atoms with Crippen LogP contribution < -0.4 is 5.73 Å². The third-order valence-corrected chi connectivity index (χ3v) is 8.84. The molecule has 0 aliphatic carbocycles. The Morgan fingerprint density at radius 2 is 1.14 bits per heavy atom. The molecule has 3 unspecified atom stereocenters. The number of carboxylic acid groups (broad SMARTS) is 1. The number of phosphoric ester groups is 1. The predicted octanol–water partition coefficient (Wildman–Crippen LogP) is 9.75. The summed E-state index contributed by atoms with van der Waals surface area (Å²) >= 11 is 0. The quantitative estimate of drug-likeness (QED) is 0.0247. The summed E-state index contributed by atoms with van der Waals surface area (Å²) in [7, 11) is -4.61. The van der Waals surface area contributed by atoms with Gasteiger partial charge in [0.15, 0.2) is 0 Å². The fourth-order valence-corrected chi connectivity index (χ4v) is 5.63. The Balaban J connectivity index is 4.35. The van der Waals surface area contributed by atoms with Gasteiger partial charge in [0.05, 0.1) is 19.8 Å². The molecule has 0 heterocycles. The van der Waals surface area contributed by atoms with Gasteiger partial charge in [-0.05, 0) is 64.2 Å². The number of hydrogen-bond donors (Lipinski definition) is 3. The zero-order valence-electron chi connectivity index (χ0n) is 30.8. The van der Waals surface area contributed by atoms with Crippen molar-refractivity contribution >= 4 is 19.8 Å². The molecule has 3 atom stereocenters. The fourth-order valence-electron chi connectivity index (χ4n) is 4.85. The van der Waals surface area contributed by atoms with Gasteiger partial charge >= 0.3 is 19.8 Å². The average molecular weight is 716 g/mol. The first-order valence-electron chi connectivity index (χ1n) is 19.0. The van der Waals surface area contributed by atoms with E-state index in [1.165, 1.54) is 64.2 Å². The number of esters is 1. The van der Waals surface area contributed by atoms with Crippen LogP contribution in [0.1, 0.15) is 155 Å². The molecular weight excluding hydrogens is 645 g/mol. The monoisotopic (exact) mass is 715 g/mol. The highest BCUT2D eigenvalue weighted by molar-refractivity contribution is 7.47. The Morgan fingerprint density at radius 3 is 1.73 bits per heavy atom. The maximum absolute atomic E-state index is 12.6. The van der Waals surface area contributed by atoms with Crippen LogP contribution in [0.5, 0.6) is 0 Å². The number of allylic oxidation sites excluding steroid dienone is 6.